The predicted octanol–water partition coefficient (Wildman–Crippen LogP) is 1.92. The molecule has 0 amide bonds. The number of alkyl halides is 1. The van der Waals surface area contributed by atoms with E-state index < -0.39 is 5.97 Å². The molecule has 0 saturated heterocycles. The van der Waals surface area contributed by atoms with Gasteiger partial charge < -0.3 is 5.11 Å². The third-order valence-corrected chi connectivity index (χ3v) is 0.302. The molecule has 0 fully saturated rings. The molecule has 0 aromatic rings. The highest BCUT2D eigenvalue weighted by Gasteiger charge is 1.80. The van der Waals surface area contributed by atoms with Gasteiger partial charge >= 0.3 is 5.97 Å². The van der Waals surface area contributed by atoms with Crippen LogP contribution in [0.1, 0.15) is 20.3 Å². The van der Waals surface area contributed by atoms with E-state index in [0.717, 1.165) is 0 Å². The van der Waals surface area contributed by atoms with E-state index in [0.29, 0.717) is 0 Å². The standard InChI is InChI=1S/C3H6O2.C2H5I/c1-2-3(4)5;1-2-3/h2H2,1H3,(H,4,5);2H2,1H3. The normalized spacial score (nSPS) is 6.88. The lowest BCUT2D eigenvalue weighted by Gasteiger charge is -1.71. The van der Waals surface area contributed by atoms with E-state index >= 15 is 0 Å². The first-order chi connectivity index (χ1) is 3.68. The Hall–Kier alpha value is 0.200. The first-order valence-corrected chi connectivity index (χ1v) is 3.99. The second kappa shape index (κ2) is 10.2. The zero-order valence-electron chi connectivity index (χ0n) is 5.15. The van der Waals surface area contributed by atoms with Gasteiger partial charge in [0.25, 0.3) is 0 Å². The van der Waals surface area contributed by atoms with Gasteiger partial charge in [-0.05, 0) is 4.43 Å². The van der Waals surface area contributed by atoms with Gasteiger partial charge in [0.05, 0.1) is 0 Å². The maximum atomic E-state index is 9.37. The molecule has 0 heterocycles. The molecule has 0 aromatic heterocycles. The highest BCUT2D eigenvalue weighted by molar-refractivity contribution is 14.1. The second-order valence-corrected chi connectivity index (χ2v) is 2.54. The van der Waals surface area contributed by atoms with Crippen LogP contribution in [-0.4, -0.2) is 15.5 Å². The average molecular weight is 230 g/mol. The van der Waals surface area contributed by atoms with E-state index in [1.807, 2.05) is 0 Å². The predicted molar refractivity (Wildman–Crippen MR) is 42.5 cm³/mol. The fourth-order valence-electron chi connectivity index (χ4n) is 0. The van der Waals surface area contributed by atoms with Crippen molar-refractivity contribution in [2.24, 2.45) is 0 Å². The molecule has 0 aliphatic heterocycles. The molecule has 50 valence electrons. The molecule has 0 spiro atoms. The van der Waals surface area contributed by atoms with Crippen LogP contribution in [0.2, 0.25) is 0 Å². The van der Waals surface area contributed by atoms with Crippen molar-refractivity contribution in [3.63, 3.8) is 0 Å². The van der Waals surface area contributed by atoms with Gasteiger partial charge in [0, 0.05) is 6.42 Å². The van der Waals surface area contributed by atoms with Gasteiger partial charge in [-0.15, -0.1) is 0 Å². The molecule has 0 aromatic carbocycles. The highest BCUT2D eigenvalue weighted by atomic mass is 127. The number of aliphatic carboxylic acids is 1. The number of carbonyl (C=O) groups is 1. The van der Waals surface area contributed by atoms with E-state index in [1.54, 1.807) is 6.92 Å². The van der Waals surface area contributed by atoms with Crippen LogP contribution in [-0.2, 0) is 4.79 Å². The lowest BCUT2D eigenvalue weighted by molar-refractivity contribution is -0.136. The van der Waals surface area contributed by atoms with Gasteiger partial charge in [-0.3, -0.25) is 4.79 Å². The van der Waals surface area contributed by atoms with Crippen LogP contribution in [0.15, 0.2) is 0 Å². The van der Waals surface area contributed by atoms with Crippen LogP contribution in [0, 0.1) is 0 Å². The van der Waals surface area contributed by atoms with Crippen LogP contribution in [0.4, 0.5) is 0 Å². The first-order valence-electron chi connectivity index (χ1n) is 2.46. The van der Waals surface area contributed by atoms with Crippen LogP contribution >= 0.6 is 22.6 Å². The third kappa shape index (κ3) is 34.6. The van der Waals surface area contributed by atoms with Crippen molar-refractivity contribution in [2.45, 2.75) is 20.3 Å². The monoisotopic (exact) mass is 230 g/mol. The van der Waals surface area contributed by atoms with E-state index in [1.165, 1.54) is 4.43 Å². The molecule has 1 N–H and O–H groups in total. The number of hydrogen-bond acceptors (Lipinski definition) is 1. The zero-order chi connectivity index (χ0) is 6.99. The summed E-state index contributed by atoms with van der Waals surface area (Å²) in [6.45, 7) is 3.71. The number of halogens is 1. The van der Waals surface area contributed by atoms with E-state index in [2.05, 4.69) is 29.5 Å². The second-order valence-electron chi connectivity index (χ2n) is 1.01. The summed E-state index contributed by atoms with van der Waals surface area (Å²) < 4.78 is 1.22. The molecule has 2 nitrogen and oxygen atoms in total. The summed E-state index contributed by atoms with van der Waals surface area (Å²) in [4.78, 5) is 9.37. The summed E-state index contributed by atoms with van der Waals surface area (Å²) in [6.07, 6.45) is 0.222. The molecule has 8 heavy (non-hydrogen) atoms. The molecule has 0 unspecified atom stereocenters. The van der Waals surface area contributed by atoms with Crippen LogP contribution in [0.3, 0.4) is 0 Å². The van der Waals surface area contributed by atoms with Crippen molar-refractivity contribution < 1.29 is 9.90 Å². The van der Waals surface area contributed by atoms with E-state index in [-0.39, 0.29) is 6.42 Å². The summed E-state index contributed by atoms with van der Waals surface area (Å²) in [5.74, 6) is -0.745. The van der Waals surface area contributed by atoms with Gasteiger partial charge in [0.1, 0.15) is 0 Å². The van der Waals surface area contributed by atoms with Gasteiger partial charge in [0.2, 0.25) is 0 Å². The maximum absolute atomic E-state index is 9.37. The summed E-state index contributed by atoms with van der Waals surface area (Å²) in [5.41, 5.74) is 0. The molecule has 0 bridgehead atoms. The Kier molecular flexibility index (Phi) is 14.1. The maximum Gasteiger partial charge on any atom is 0.303 e. The molecule has 0 saturated carbocycles. The van der Waals surface area contributed by atoms with Gasteiger partial charge in [-0.1, -0.05) is 36.4 Å². The molecule has 0 rings (SSSR count). The van der Waals surface area contributed by atoms with Crippen LogP contribution in [0.25, 0.3) is 0 Å². The zero-order valence-corrected chi connectivity index (χ0v) is 7.31. The molecular weight excluding hydrogens is 219 g/mol. The lowest BCUT2D eigenvalue weighted by Crippen LogP contribution is -1.86. The molecular formula is C5H11IO2. The summed E-state index contributed by atoms with van der Waals surface area (Å²) in [7, 11) is 0. The minimum atomic E-state index is -0.745. The fraction of sp³-hybridized carbons (Fsp3) is 0.800. The quantitative estimate of drug-likeness (QED) is 0.551. The van der Waals surface area contributed by atoms with Crippen molar-refractivity contribution >= 4 is 28.6 Å². The Labute approximate surface area is 63.4 Å². The Morgan fingerprint density at radius 2 is 1.75 bits per heavy atom. The largest absolute Gasteiger partial charge is 0.481 e. The minimum Gasteiger partial charge on any atom is -0.481 e. The highest BCUT2D eigenvalue weighted by Crippen LogP contribution is 1.69. The van der Waals surface area contributed by atoms with E-state index in [4.69, 9.17) is 5.11 Å². The average Bonchev–Trinajstić information content (AvgIpc) is 1.69. The van der Waals surface area contributed by atoms with Crippen molar-refractivity contribution in [1.29, 1.82) is 0 Å². The molecule has 0 aliphatic rings. The van der Waals surface area contributed by atoms with E-state index in [9.17, 15) is 4.79 Å². The first kappa shape index (κ1) is 11.1. The van der Waals surface area contributed by atoms with Crippen molar-refractivity contribution in [2.75, 3.05) is 4.43 Å². The summed E-state index contributed by atoms with van der Waals surface area (Å²) in [6, 6.07) is 0. The van der Waals surface area contributed by atoms with Crippen LogP contribution in [0.5, 0.6) is 0 Å². The van der Waals surface area contributed by atoms with Crippen molar-refractivity contribution in [3.8, 4) is 0 Å². The lowest BCUT2D eigenvalue weighted by atomic mass is 10.5. The Morgan fingerprint density at radius 3 is 1.75 bits per heavy atom. The molecule has 0 radical (unpaired) electrons. The molecule has 3 heteroatoms. The number of rotatable bonds is 1. The van der Waals surface area contributed by atoms with Gasteiger partial charge in [0.15, 0.2) is 0 Å². The van der Waals surface area contributed by atoms with Gasteiger partial charge in [-0.25, -0.2) is 0 Å². The number of hydrogen-bond donors (Lipinski definition) is 1. The Balaban J connectivity index is 0. The Bertz CT molecular complexity index is 54.4. The summed E-state index contributed by atoms with van der Waals surface area (Å²) >= 11 is 2.29. The fourth-order valence-corrected chi connectivity index (χ4v) is 0. The SMILES string of the molecule is CCC(=O)O.CCI. The Morgan fingerprint density at radius 1 is 1.62 bits per heavy atom. The molecule has 0 aliphatic carbocycles. The van der Waals surface area contributed by atoms with Gasteiger partial charge in [-0.2, -0.15) is 0 Å². The van der Waals surface area contributed by atoms with Crippen molar-refractivity contribution in [3.05, 3.63) is 0 Å². The van der Waals surface area contributed by atoms with Crippen molar-refractivity contribution in [1.82, 2.24) is 0 Å². The number of carboxylic acid groups (broad SMARTS) is 1. The minimum absolute atomic E-state index is 0.222. The van der Waals surface area contributed by atoms with Crippen LogP contribution < -0.4 is 0 Å². The smallest absolute Gasteiger partial charge is 0.303 e. The number of carboxylic acids is 1. The summed E-state index contributed by atoms with van der Waals surface area (Å²) in [5, 5.41) is 7.72. The third-order valence-electron chi connectivity index (χ3n) is 0.302. The molecule has 0 atom stereocenters. The topological polar surface area (TPSA) is 37.3 Å².